The van der Waals surface area contributed by atoms with Crippen molar-refractivity contribution in [2.24, 2.45) is 34.5 Å². The van der Waals surface area contributed by atoms with E-state index >= 15 is 0 Å². The zero-order valence-corrected chi connectivity index (χ0v) is 21.2. The van der Waals surface area contributed by atoms with Crippen LogP contribution in [0, 0.1) is 34.5 Å². The summed E-state index contributed by atoms with van der Waals surface area (Å²) in [5.41, 5.74) is 1.59. The molecule has 0 radical (unpaired) electrons. The van der Waals surface area contributed by atoms with Gasteiger partial charge in [-0.2, -0.15) is 0 Å². The Balaban J connectivity index is 1.42. The number of halogens is 1. The van der Waals surface area contributed by atoms with Gasteiger partial charge in [-0.05, 0) is 100 Å². The van der Waals surface area contributed by atoms with Crippen LogP contribution in [-0.4, -0.2) is 39.5 Å². The molecule has 0 aliphatic heterocycles. The lowest BCUT2D eigenvalue weighted by Crippen LogP contribution is -2.64. The Morgan fingerprint density at radius 3 is 2.52 bits per heavy atom. The van der Waals surface area contributed by atoms with E-state index in [4.69, 9.17) is 21.3 Å². The van der Waals surface area contributed by atoms with Crippen LogP contribution in [0.1, 0.15) is 78.0 Å². The van der Waals surface area contributed by atoms with Crippen molar-refractivity contribution >= 4 is 17.6 Å². The standard InChI is InChI=1S/C27H38ClNO4/c1-25(2,3)24(32)33-15-8-10-26(4)16-9-11-27(5)17(12-14-6-7-19(28)29-23(14)27)20(16)22(31)21(30)18(26)13-15/h6-7,15-18,20-22,30-31H,8-13H2,1-5H3/t15-,16-,17-,18+,20+,21+,22+,26+,27-/m0/s1. The van der Waals surface area contributed by atoms with Crippen LogP contribution in [0.5, 0.6) is 0 Å². The Kier molecular flexibility index (Phi) is 5.47. The SMILES string of the molecule is CC(C)(C)C(=O)O[C@H]1CC[C@@]2(C)[C@H](C1)[C@@H](O)[C@H](O)[C@@H]1[C@@H]2CC[C@]2(C)c3nc(Cl)ccc3C[C@@H]12. The molecule has 5 rings (SSSR count). The molecule has 3 saturated carbocycles. The summed E-state index contributed by atoms with van der Waals surface area (Å²) in [6.07, 6.45) is 3.48. The minimum Gasteiger partial charge on any atom is -0.462 e. The normalized spacial score (nSPS) is 44.3. The zero-order valence-electron chi connectivity index (χ0n) is 20.5. The number of aliphatic hydroxyl groups is 2. The van der Waals surface area contributed by atoms with Gasteiger partial charge < -0.3 is 14.9 Å². The van der Waals surface area contributed by atoms with E-state index in [1.54, 1.807) is 0 Å². The van der Waals surface area contributed by atoms with Gasteiger partial charge in [-0.15, -0.1) is 0 Å². The summed E-state index contributed by atoms with van der Waals surface area (Å²) in [6, 6.07) is 3.95. The number of aromatic nitrogens is 1. The molecule has 182 valence electrons. The van der Waals surface area contributed by atoms with Gasteiger partial charge in [0.1, 0.15) is 11.3 Å². The average Bonchev–Trinajstić information content (AvgIpc) is 3.04. The van der Waals surface area contributed by atoms with E-state index in [9.17, 15) is 15.0 Å². The van der Waals surface area contributed by atoms with E-state index in [2.05, 4.69) is 19.9 Å². The minimum absolute atomic E-state index is 0.0293. The Hall–Kier alpha value is -1.17. The van der Waals surface area contributed by atoms with Crippen molar-refractivity contribution in [2.45, 2.75) is 96.9 Å². The molecule has 1 heterocycles. The number of rotatable bonds is 1. The second-order valence-corrected chi connectivity index (χ2v) is 13.1. The van der Waals surface area contributed by atoms with Crippen LogP contribution in [0.15, 0.2) is 12.1 Å². The molecule has 1 aromatic heterocycles. The number of pyridine rings is 1. The van der Waals surface area contributed by atoms with Crippen LogP contribution in [0.4, 0.5) is 0 Å². The van der Waals surface area contributed by atoms with Crippen molar-refractivity contribution in [3.8, 4) is 0 Å². The predicted molar refractivity (Wildman–Crippen MR) is 127 cm³/mol. The molecule has 0 bridgehead atoms. The summed E-state index contributed by atoms with van der Waals surface area (Å²) >= 11 is 6.26. The number of aliphatic hydroxyl groups excluding tert-OH is 2. The fraction of sp³-hybridized carbons (Fsp3) is 0.778. The molecular weight excluding hydrogens is 438 g/mol. The Morgan fingerprint density at radius 1 is 1.09 bits per heavy atom. The van der Waals surface area contributed by atoms with E-state index in [0.717, 1.165) is 37.8 Å². The van der Waals surface area contributed by atoms with E-state index in [1.165, 1.54) is 5.56 Å². The molecule has 0 spiro atoms. The topological polar surface area (TPSA) is 79.7 Å². The van der Waals surface area contributed by atoms with Crippen LogP contribution < -0.4 is 0 Å². The van der Waals surface area contributed by atoms with Crippen molar-refractivity contribution in [1.29, 1.82) is 0 Å². The van der Waals surface area contributed by atoms with Gasteiger partial charge in [0.2, 0.25) is 0 Å². The summed E-state index contributed by atoms with van der Waals surface area (Å²) in [6.45, 7) is 10.2. The first kappa shape index (κ1) is 23.6. The second kappa shape index (κ2) is 7.66. The highest BCUT2D eigenvalue weighted by Gasteiger charge is 2.64. The third-order valence-corrected chi connectivity index (χ3v) is 10.1. The Bertz CT molecular complexity index is 960. The lowest BCUT2D eigenvalue weighted by molar-refractivity contribution is -0.219. The zero-order chi connectivity index (χ0) is 23.9. The number of nitrogens with zero attached hydrogens (tertiary/aromatic N) is 1. The maximum absolute atomic E-state index is 12.5. The highest BCUT2D eigenvalue weighted by Crippen LogP contribution is 2.65. The molecule has 5 nitrogen and oxygen atoms in total. The highest BCUT2D eigenvalue weighted by molar-refractivity contribution is 6.29. The monoisotopic (exact) mass is 475 g/mol. The van der Waals surface area contributed by atoms with Crippen molar-refractivity contribution in [3.63, 3.8) is 0 Å². The third-order valence-electron chi connectivity index (χ3n) is 9.91. The van der Waals surface area contributed by atoms with Gasteiger partial charge in [-0.25, -0.2) is 4.98 Å². The van der Waals surface area contributed by atoms with E-state index in [1.807, 2.05) is 26.8 Å². The Labute approximate surface area is 202 Å². The van der Waals surface area contributed by atoms with Gasteiger partial charge in [0, 0.05) is 5.41 Å². The molecule has 0 saturated heterocycles. The summed E-state index contributed by atoms with van der Waals surface area (Å²) in [4.78, 5) is 17.2. The number of ether oxygens (including phenoxy) is 1. The molecule has 0 aromatic carbocycles. The molecule has 1 aromatic rings. The first-order valence-electron chi connectivity index (χ1n) is 12.6. The molecule has 0 unspecified atom stereocenters. The molecule has 3 fully saturated rings. The van der Waals surface area contributed by atoms with Crippen LogP contribution in [0.3, 0.4) is 0 Å². The highest BCUT2D eigenvalue weighted by atomic mass is 35.5. The lowest BCUT2D eigenvalue weighted by Gasteiger charge is -2.63. The number of hydrogen-bond acceptors (Lipinski definition) is 5. The van der Waals surface area contributed by atoms with Crippen LogP contribution >= 0.6 is 11.6 Å². The first-order chi connectivity index (χ1) is 15.4. The maximum Gasteiger partial charge on any atom is 0.311 e. The minimum atomic E-state index is -0.810. The number of hydrogen-bond donors (Lipinski definition) is 2. The number of carbonyl (C=O) groups is 1. The molecule has 4 aliphatic rings. The van der Waals surface area contributed by atoms with Gasteiger partial charge >= 0.3 is 5.97 Å². The van der Waals surface area contributed by atoms with E-state index < -0.39 is 17.6 Å². The number of carbonyl (C=O) groups excluding carboxylic acids is 1. The van der Waals surface area contributed by atoms with Gasteiger partial charge in [0.25, 0.3) is 0 Å². The van der Waals surface area contributed by atoms with Gasteiger partial charge in [-0.3, -0.25) is 4.79 Å². The van der Waals surface area contributed by atoms with Crippen LogP contribution in [0.25, 0.3) is 0 Å². The molecule has 4 aliphatic carbocycles. The second-order valence-electron chi connectivity index (χ2n) is 12.7. The third kappa shape index (κ3) is 3.48. The van der Waals surface area contributed by atoms with E-state index in [0.29, 0.717) is 17.5 Å². The lowest BCUT2D eigenvalue weighted by atomic mass is 9.43. The number of fused-ring (bicyclic) bond motifs is 7. The molecule has 0 amide bonds. The van der Waals surface area contributed by atoms with Crippen LogP contribution in [-0.2, 0) is 21.4 Å². The predicted octanol–water partition coefficient (Wildman–Crippen LogP) is 4.69. The van der Waals surface area contributed by atoms with Crippen LogP contribution in [0.2, 0.25) is 5.15 Å². The van der Waals surface area contributed by atoms with Gasteiger partial charge in [0.05, 0.1) is 23.3 Å². The largest absolute Gasteiger partial charge is 0.462 e. The molecular formula is C27H38ClNO4. The summed E-state index contributed by atoms with van der Waals surface area (Å²) in [5.74, 6) is 0.352. The summed E-state index contributed by atoms with van der Waals surface area (Å²) in [5, 5.41) is 23.5. The Morgan fingerprint density at radius 2 is 1.82 bits per heavy atom. The van der Waals surface area contributed by atoms with Crippen molar-refractivity contribution in [3.05, 3.63) is 28.5 Å². The average molecular weight is 476 g/mol. The smallest absolute Gasteiger partial charge is 0.311 e. The quantitative estimate of drug-likeness (QED) is 0.455. The van der Waals surface area contributed by atoms with Crippen molar-refractivity contribution in [2.75, 3.05) is 0 Å². The molecule has 9 atom stereocenters. The van der Waals surface area contributed by atoms with Gasteiger partial charge in [-0.1, -0.05) is 31.5 Å². The fourth-order valence-corrected chi connectivity index (χ4v) is 8.17. The molecule has 2 N–H and O–H groups in total. The summed E-state index contributed by atoms with van der Waals surface area (Å²) in [7, 11) is 0. The molecule has 33 heavy (non-hydrogen) atoms. The maximum atomic E-state index is 12.5. The fourth-order valence-electron chi connectivity index (χ4n) is 8.02. The van der Waals surface area contributed by atoms with Crippen molar-refractivity contribution in [1.82, 2.24) is 4.98 Å². The molecule has 6 heteroatoms. The van der Waals surface area contributed by atoms with Crippen molar-refractivity contribution < 1.29 is 19.7 Å². The first-order valence-corrected chi connectivity index (χ1v) is 13.0. The number of esters is 1. The summed E-state index contributed by atoms with van der Waals surface area (Å²) < 4.78 is 5.86. The van der Waals surface area contributed by atoms with Gasteiger partial charge in [0.15, 0.2) is 0 Å². The van der Waals surface area contributed by atoms with E-state index in [-0.39, 0.29) is 40.7 Å².